The minimum atomic E-state index is -1.43. The van der Waals surface area contributed by atoms with Crippen molar-refractivity contribution in [2.45, 2.75) is 57.9 Å². The van der Waals surface area contributed by atoms with Crippen LogP contribution in [0.2, 0.25) is 0 Å². The number of benzene rings is 1. The molecule has 30 heavy (non-hydrogen) atoms. The Bertz CT molecular complexity index is 730. The molecule has 0 saturated heterocycles. The number of carbonyl (C=O) groups excluding carboxylic acids is 2. The summed E-state index contributed by atoms with van der Waals surface area (Å²) in [6.45, 7) is 4.88. The summed E-state index contributed by atoms with van der Waals surface area (Å²) in [5.41, 5.74) is 0.0416. The van der Waals surface area contributed by atoms with E-state index in [1.807, 2.05) is 30.3 Å². The molecule has 0 fully saturated rings. The van der Waals surface area contributed by atoms with Crippen LogP contribution in [0.5, 0.6) is 0 Å². The van der Waals surface area contributed by atoms with Crippen LogP contribution in [0.3, 0.4) is 0 Å². The van der Waals surface area contributed by atoms with Crippen LogP contribution < -0.4 is 10.6 Å². The van der Waals surface area contributed by atoms with Crippen molar-refractivity contribution in [1.82, 2.24) is 10.6 Å². The normalized spacial score (nSPS) is 13.0. The molecule has 10 nitrogen and oxygen atoms in total. The van der Waals surface area contributed by atoms with Crippen molar-refractivity contribution >= 4 is 23.9 Å². The third-order valence-corrected chi connectivity index (χ3v) is 3.66. The van der Waals surface area contributed by atoms with E-state index in [4.69, 9.17) is 14.6 Å². The highest BCUT2D eigenvalue weighted by Crippen LogP contribution is 2.08. The maximum atomic E-state index is 12.6. The van der Waals surface area contributed by atoms with Crippen molar-refractivity contribution in [1.29, 1.82) is 0 Å². The Morgan fingerprint density at radius 2 is 1.63 bits per heavy atom. The lowest BCUT2D eigenvalue weighted by Crippen LogP contribution is -2.54. The summed E-state index contributed by atoms with van der Waals surface area (Å²) in [4.78, 5) is 46.7. The van der Waals surface area contributed by atoms with E-state index in [0.717, 1.165) is 5.56 Å². The second-order valence-corrected chi connectivity index (χ2v) is 7.53. The van der Waals surface area contributed by atoms with Crippen LogP contribution in [0.25, 0.3) is 0 Å². The van der Waals surface area contributed by atoms with E-state index in [2.05, 4.69) is 10.6 Å². The molecule has 2 atom stereocenters. The quantitative estimate of drug-likeness (QED) is 0.417. The number of rotatable bonds is 11. The molecular formula is C20H28N2O8. The number of hydrogen-bond acceptors (Lipinski definition) is 6. The van der Waals surface area contributed by atoms with E-state index in [1.54, 1.807) is 20.8 Å². The number of hydrogen-bond donors (Lipinski definition) is 4. The lowest BCUT2D eigenvalue weighted by atomic mass is 10.1. The average molecular weight is 424 g/mol. The second-order valence-electron chi connectivity index (χ2n) is 7.53. The molecule has 0 radical (unpaired) electrons. The molecule has 0 heterocycles. The van der Waals surface area contributed by atoms with Crippen molar-refractivity contribution in [2.24, 2.45) is 0 Å². The molecule has 0 aliphatic heterocycles. The van der Waals surface area contributed by atoms with E-state index >= 15 is 0 Å². The van der Waals surface area contributed by atoms with Crippen LogP contribution in [0.4, 0.5) is 4.79 Å². The molecule has 166 valence electrons. The van der Waals surface area contributed by atoms with Gasteiger partial charge in [0, 0.05) is 6.42 Å². The van der Waals surface area contributed by atoms with Crippen LogP contribution in [0.15, 0.2) is 30.3 Å². The lowest BCUT2D eigenvalue weighted by Gasteiger charge is -2.24. The SMILES string of the molecule is CC(C)(C)OC(=O)N[C@H](COCc1ccccc1)C(=O)N[C@@H](CCC(=O)O)C(=O)O. The molecule has 1 rings (SSSR count). The summed E-state index contributed by atoms with van der Waals surface area (Å²) in [5, 5.41) is 22.6. The van der Waals surface area contributed by atoms with Gasteiger partial charge in [-0.3, -0.25) is 9.59 Å². The fraction of sp³-hybridized carbons (Fsp3) is 0.500. The Morgan fingerprint density at radius 1 is 1.00 bits per heavy atom. The predicted octanol–water partition coefficient (Wildman–Crippen LogP) is 1.53. The number of carboxylic acid groups (broad SMARTS) is 2. The summed E-state index contributed by atoms with van der Waals surface area (Å²) in [6.07, 6.45) is -1.62. The Morgan fingerprint density at radius 3 is 2.17 bits per heavy atom. The zero-order chi connectivity index (χ0) is 22.7. The summed E-state index contributed by atoms with van der Waals surface area (Å²) in [6, 6.07) is 6.46. The zero-order valence-corrected chi connectivity index (χ0v) is 17.2. The van der Waals surface area contributed by atoms with Gasteiger partial charge in [0.15, 0.2) is 0 Å². The standard InChI is InChI=1S/C20H28N2O8/c1-20(2,3)30-19(28)22-15(12-29-11-13-7-5-4-6-8-13)17(25)21-14(18(26)27)9-10-16(23)24/h4-8,14-15H,9-12H2,1-3H3,(H,21,25)(H,22,28)(H,23,24)(H,26,27)/t14-,15+/m0/s1. The molecule has 0 unspecified atom stereocenters. The Labute approximate surface area is 174 Å². The molecule has 2 amide bonds. The number of carboxylic acids is 2. The van der Waals surface area contributed by atoms with Gasteiger partial charge in [0.05, 0.1) is 13.2 Å². The number of ether oxygens (including phenoxy) is 2. The number of nitrogens with one attached hydrogen (secondary N) is 2. The second kappa shape index (κ2) is 11.8. The van der Waals surface area contributed by atoms with Crippen LogP contribution in [-0.4, -0.2) is 58.4 Å². The number of alkyl carbamates (subject to hydrolysis) is 1. The fourth-order valence-corrected chi connectivity index (χ4v) is 2.30. The van der Waals surface area contributed by atoms with Crippen LogP contribution in [0.1, 0.15) is 39.2 Å². The van der Waals surface area contributed by atoms with Crippen molar-refractivity contribution in [3.8, 4) is 0 Å². The largest absolute Gasteiger partial charge is 0.481 e. The van der Waals surface area contributed by atoms with Gasteiger partial charge in [-0.25, -0.2) is 9.59 Å². The van der Waals surface area contributed by atoms with Crippen LogP contribution >= 0.6 is 0 Å². The van der Waals surface area contributed by atoms with E-state index in [0.29, 0.717) is 0 Å². The van der Waals surface area contributed by atoms with Gasteiger partial charge in [-0.15, -0.1) is 0 Å². The Kier molecular flexibility index (Phi) is 9.76. The van der Waals surface area contributed by atoms with Gasteiger partial charge in [0.25, 0.3) is 0 Å². The third-order valence-electron chi connectivity index (χ3n) is 3.66. The zero-order valence-electron chi connectivity index (χ0n) is 17.2. The average Bonchev–Trinajstić information content (AvgIpc) is 2.63. The molecule has 0 aliphatic carbocycles. The highest BCUT2D eigenvalue weighted by Gasteiger charge is 2.28. The van der Waals surface area contributed by atoms with Gasteiger partial charge in [-0.2, -0.15) is 0 Å². The molecule has 0 saturated carbocycles. The lowest BCUT2D eigenvalue weighted by molar-refractivity contribution is -0.143. The molecule has 10 heteroatoms. The summed E-state index contributed by atoms with van der Waals surface area (Å²) in [7, 11) is 0. The van der Waals surface area contributed by atoms with Crippen molar-refractivity contribution in [3.05, 3.63) is 35.9 Å². The van der Waals surface area contributed by atoms with Gasteiger partial charge < -0.3 is 30.3 Å². The monoisotopic (exact) mass is 424 g/mol. The topological polar surface area (TPSA) is 151 Å². The smallest absolute Gasteiger partial charge is 0.408 e. The van der Waals surface area contributed by atoms with E-state index in [9.17, 15) is 24.3 Å². The van der Waals surface area contributed by atoms with Gasteiger partial charge in [0.2, 0.25) is 5.91 Å². The summed E-state index contributed by atoms with van der Waals surface area (Å²) < 4.78 is 10.6. The van der Waals surface area contributed by atoms with Crippen molar-refractivity contribution in [3.63, 3.8) is 0 Å². The molecule has 0 aromatic heterocycles. The molecular weight excluding hydrogens is 396 g/mol. The minimum Gasteiger partial charge on any atom is -0.481 e. The van der Waals surface area contributed by atoms with Crippen molar-refractivity contribution in [2.75, 3.05) is 6.61 Å². The first kappa shape index (κ1) is 24.9. The predicted molar refractivity (Wildman–Crippen MR) is 106 cm³/mol. The number of carbonyl (C=O) groups is 4. The van der Waals surface area contributed by atoms with Gasteiger partial charge >= 0.3 is 18.0 Å². The summed E-state index contributed by atoms with van der Waals surface area (Å²) in [5.74, 6) is -3.40. The number of amides is 2. The molecule has 4 N–H and O–H groups in total. The molecule has 0 spiro atoms. The van der Waals surface area contributed by atoms with Gasteiger partial charge in [-0.1, -0.05) is 30.3 Å². The minimum absolute atomic E-state index is 0.169. The van der Waals surface area contributed by atoms with Crippen molar-refractivity contribution < 1.29 is 38.9 Å². The maximum Gasteiger partial charge on any atom is 0.408 e. The highest BCUT2D eigenvalue weighted by atomic mass is 16.6. The number of aliphatic carboxylic acids is 2. The van der Waals surface area contributed by atoms with E-state index in [1.165, 1.54) is 0 Å². The van der Waals surface area contributed by atoms with E-state index in [-0.39, 0.29) is 19.6 Å². The Balaban J connectivity index is 2.79. The first-order valence-corrected chi connectivity index (χ1v) is 9.34. The highest BCUT2D eigenvalue weighted by molar-refractivity contribution is 5.89. The molecule has 0 aliphatic rings. The van der Waals surface area contributed by atoms with Gasteiger partial charge in [0.1, 0.15) is 17.7 Å². The van der Waals surface area contributed by atoms with Gasteiger partial charge in [-0.05, 0) is 32.8 Å². The fourth-order valence-electron chi connectivity index (χ4n) is 2.30. The third kappa shape index (κ3) is 10.4. The van der Waals surface area contributed by atoms with Crippen LogP contribution in [-0.2, 0) is 30.5 Å². The summed E-state index contributed by atoms with van der Waals surface area (Å²) >= 11 is 0. The Hall–Kier alpha value is -3.14. The molecule has 1 aromatic carbocycles. The first-order chi connectivity index (χ1) is 14.0. The van der Waals surface area contributed by atoms with Crippen LogP contribution in [0, 0.1) is 0 Å². The molecule has 0 bridgehead atoms. The van der Waals surface area contributed by atoms with E-state index < -0.39 is 48.0 Å². The first-order valence-electron chi connectivity index (χ1n) is 9.34. The molecule has 1 aromatic rings. The maximum absolute atomic E-state index is 12.6.